The molecule has 0 aliphatic heterocycles. The Bertz CT molecular complexity index is 439. The summed E-state index contributed by atoms with van der Waals surface area (Å²) in [6.07, 6.45) is 1.86. The lowest BCUT2D eigenvalue weighted by Crippen LogP contribution is -2.37. The van der Waals surface area contributed by atoms with Gasteiger partial charge in [-0.25, -0.2) is 4.68 Å². The van der Waals surface area contributed by atoms with Crippen molar-refractivity contribution in [2.45, 2.75) is 64.3 Å². The molecule has 5 nitrogen and oxygen atoms in total. The van der Waals surface area contributed by atoms with Crippen molar-refractivity contribution in [2.24, 2.45) is 5.92 Å². The van der Waals surface area contributed by atoms with E-state index < -0.39 is 12.7 Å². The lowest BCUT2D eigenvalue weighted by molar-refractivity contribution is -0.143. The predicted molar refractivity (Wildman–Crippen MR) is 71.4 cm³/mol. The van der Waals surface area contributed by atoms with Crippen LogP contribution in [0, 0.1) is 5.92 Å². The molecule has 2 rings (SSSR count). The highest BCUT2D eigenvalue weighted by molar-refractivity contribution is 4.85. The van der Waals surface area contributed by atoms with E-state index in [1.54, 1.807) is 0 Å². The van der Waals surface area contributed by atoms with Gasteiger partial charge in [0.15, 0.2) is 5.82 Å². The van der Waals surface area contributed by atoms with Gasteiger partial charge in [0.25, 0.3) is 0 Å². The van der Waals surface area contributed by atoms with Crippen LogP contribution in [0.25, 0.3) is 0 Å². The zero-order valence-electron chi connectivity index (χ0n) is 12.5. The minimum absolute atomic E-state index is 0.262. The van der Waals surface area contributed by atoms with Gasteiger partial charge in [-0.05, 0) is 43.2 Å². The van der Waals surface area contributed by atoms with Crippen molar-refractivity contribution in [1.29, 1.82) is 0 Å². The molecule has 8 heteroatoms. The molecule has 0 N–H and O–H groups in total. The summed E-state index contributed by atoms with van der Waals surface area (Å²) in [6, 6.07) is 0.321. The Morgan fingerprint density at radius 3 is 2.57 bits per heavy atom. The average Bonchev–Trinajstić information content (AvgIpc) is 2.84. The molecule has 120 valence electrons. The molecule has 1 atom stereocenters. The third-order valence-corrected chi connectivity index (χ3v) is 4.35. The maximum absolute atomic E-state index is 12.5. The molecule has 21 heavy (non-hydrogen) atoms. The summed E-state index contributed by atoms with van der Waals surface area (Å²) >= 11 is 0. The molecule has 1 saturated carbocycles. The Hall–Kier alpha value is -1.18. The number of hydrogen-bond donors (Lipinski definition) is 0. The van der Waals surface area contributed by atoms with E-state index in [9.17, 15) is 13.2 Å². The highest BCUT2D eigenvalue weighted by Crippen LogP contribution is 2.29. The topological polar surface area (TPSA) is 46.8 Å². The number of tetrazole rings is 1. The van der Waals surface area contributed by atoms with E-state index in [1.165, 1.54) is 32.1 Å². The van der Waals surface area contributed by atoms with Crippen LogP contribution in [0.4, 0.5) is 13.2 Å². The average molecular weight is 305 g/mol. The SMILES string of the molecule is CC(C1CCCCC1)N(C)Cc1nnnn1CC(F)(F)F. The first-order valence-corrected chi connectivity index (χ1v) is 7.39. The van der Waals surface area contributed by atoms with E-state index in [0.29, 0.717) is 18.5 Å². The van der Waals surface area contributed by atoms with Gasteiger partial charge in [0.05, 0.1) is 6.54 Å². The first-order valence-electron chi connectivity index (χ1n) is 7.39. The van der Waals surface area contributed by atoms with Gasteiger partial charge in [0.1, 0.15) is 6.54 Å². The number of hydrogen-bond acceptors (Lipinski definition) is 4. The standard InChI is InChI=1S/C13H22F3N5/c1-10(11-6-4-3-5-7-11)20(2)8-12-17-18-19-21(12)9-13(14,15)16/h10-11H,3-9H2,1-2H3. The van der Waals surface area contributed by atoms with Gasteiger partial charge in [-0.15, -0.1) is 5.10 Å². The second kappa shape index (κ2) is 6.72. The Morgan fingerprint density at radius 2 is 1.95 bits per heavy atom. The van der Waals surface area contributed by atoms with Crippen LogP contribution in [0.2, 0.25) is 0 Å². The maximum atomic E-state index is 12.5. The molecular formula is C13H22F3N5. The van der Waals surface area contributed by atoms with Gasteiger partial charge in [-0.2, -0.15) is 13.2 Å². The monoisotopic (exact) mass is 305 g/mol. The summed E-state index contributed by atoms with van der Waals surface area (Å²) < 4.78 is 38.2. The van der Waals surface area contributed by atoms with E-state index in [4.69, 9.17) is 0 Å². The van der Waals surface area contributed by atoms with Gasteiger partial charge >= 0.3 is 6.18 Å². The zero-order valence-corrected chi connectivity index (χ0v) is 12.5. The lowest BCUT2D eigenvalue weighted by Gasteiger charge is -2.34. The van der Waals surface area contributed by atoms with Crippen molar-refractivity contribution >= 4 is 0 Å². The Balaban J connectivity index is 1.95. The molecule has 0 bridgehead atoms. The van der Waals surface area contributed by atoms with E-state index in [1.807, 2.05) is 7.05 Å². The van der Waals surface area contributed by atoms with E-state index >= 15 is 0 Å². The first kappa shape index (κ1) is 16.2. The minimum atomic E-state index is -4.31. The Kier molecular flexibility index (Phi) is 5.18. The number of aromatic nitrogens is 4. The fourth-order valence-corrected chi connectivity index (χ4v) is 2.97. The molecule has 1 aliphatic rings. The molecule has 1 aliphatic carbocycles. The molecule has 1 heterocycles. The molecule has 0 saturated heterocycles. The fraction of sp³-hybridized carbons (Fsp3) is 0.923. The minimum Gasteiger partial charge on any atom is -0.296 e. The van der Waals surface area contributed by atoms with Crippen LogP contribution in [-0.4, -0.2) is 44.4 Å². The molecule has 0 aromatic carbocycles. The summed E-state index contributed by atoms with van der Waals surface area (Å²) in [5.74, 6) is 0.869. The predicted octanol–water partition coefficient (Wildman–Crippen LogP) is 2.64. The van der Waals surface area contributed by atoms with Crippen molar-refractivity contribution < 1.29 is 13.2 Å². The highest BCUT2D eigenvalue weighted by atomic mass is 19.4. The summed E-state index contributed by atoms with van der Waals surface area (Å²) in [5.41, 5.74) is 0. The molecule has 1 aromatic rings. The second-order valence-corrected chi connectivity index (χ2v) is 5.92. The van der Waals surface area contributed by atoms with Gasteiger partial charge in [0, 0.05) is 6.04 Å². The third kappa shape index (κ3) is 4.66. The largest absolute Gasteiger partial charge is 0.408 e. The molecule has 0 spiro atoms. The second-order valence-electron chi connectivity index (χ2n) is 5.92. The van der Waals surface area contributed by atoms with Crippen molar-refractivity contribution in [2.75, 3.05) is 7.05 Å². The van der Waals surface area contributed by atoms with E-state index in [0.717, 1.165) is 4.68 Å². The van der Waals surface area contributed by atoms with E-state index in [2.05, 4.69) is 27.3 Å². The smallest absolute Gasteiger partial charge is 0.296 e. The molecule has 0 radical (unpaired) electrons. The summed E-state index contributed by atoms with van der Waals surface area (Å²) in [4.78, 5) is 2.05. The maximum Gasteiger partial charge on any atom is 0.408 e. The van der Waals surface area contributed by atoms with Crippen molar-refractivity contribution in [3.8, 4) is 0 Å². The number of nitrogens with zero attached hydrogens (tertiary/aromatic N) is 5. The van der Waals surface area contributed by atoms with Crippen molar-refractivity contribution in [1.82, 2.24) is 25.1 Å². The molecular weight excluding hydrogens is 283 g/mol. The van der Waals surface area contributed by atoms with Crippen molar-refractivity contribution in [3.05, 3.63) is 5.82 Å². The van der Waals surface area contributed by atoms with Crippen LogP contribution < -0.4 is 0 Å². The van der Waals surface area contributed by atoms with Crippen LogP contribution in [0.3, 0.4) is 0 Å². The fourth-order valence-electron chi connectivity index (χ4n) is 2.97. The third-order valence-electron chi connectivity index (χ3n) is 4.35. The van der Waals surface area contributed by atoms with Crippen molar-refractivity contribution in [3.63, 3.8) is 0 Å². The quantitative estimate of drug-likeness (QED) is 0.839. The normalized spacial score (nSPS) is 19.1. The van der Waals surface area contributed by atoms with Crippen LogP contribution >= 0.6 is 0 Å². The number of alkyl halides is 3. The highest BCUT2D eigenvalue weighted by Gasteiger charge is 2.31. The van der Waals surface area contributed by atoms with Gasteiger partial charge in [-0.1, -0.05) is 19.3 Å². The molecule has 0 amide bonds. The van der Waals surface area contributed by atoms with Crippen LogP contribution in [0.1, 0.15) is 44.9 Å². The first-order chi connectivity index (χ1) is 9.87. The number of rotatable bonds is 5. The van der Waals surface area contributed by atoms with Gasteiger partial charge in [-0.3, -0.25) is 4.90 Å². The molecule has 1 fully saturated rings. The van der Waals surface area contributed by atoms with Gasteiger partial charge in [0.2, 0.25) is 0 Å². The lowest BCUT2D eigenvalue weighted by atomic mass is 9.84. The number of halogens is 3. The Morgan fingerprint density at radius 1 is 1.29 bits per heavy atom. The zero-order chi connectivity index (χ0) is 15.5. The summed E-state index contributed by atoms with van der Waals surface area (Å²) in [5, 5.41) is 10.5. The van der Waals surface area contributed by atoms with Gasteiger partial charge < -0.3 is 0 Å². The van der Waals surface area contributed by atoms with Crippen LogP contribution in [-0.2, 0) is 13.1 Å². The summed E-state index contributed by atoms with van der Waals surface area (Å²) in [7, 11) is 1.92. The van der Waals surface area contributed by atoms with E-state index in [-0.39, 0.29) is 5.82 Å². The molecule has 1 unspecified atom stereocenters. The van der Waals surface area contributed by atoms with Crippen LogP contribution in [0.15, 0.2) is 0 Å². The summed E-state index contributed by atoms with van der Waals surface area (Å²) in [6.45, 7) is 1.33. The van der Waals surface area contributed by atoms with Crippen LogP contribution in [0.5, 0.6) is 0 Å². The molecule has 1 aromatic heterocycles. The Labute approximate surface area is 122 Å².